The average molecular weight is 422 g/mol. The van der Waals surface area contributed by atoms with E-state index in [4.69, 9.17) is 21.4 Å². The minimum atomic E-state index is -0.925. The van der Waals surface area contributed by atoms with Gasteiger partial charge in [-0.2, -0.15) is 0 Å². The summed E-state index contributed by atoms with van der Waals surface area (Å²) < 4.78 is 5.75. The summed E-state index contributed by atoms with van der Waals surface area (Å²) in [5, 5.41) is 12.0. The van der Waals surface area contributed by atoms with Gasteiger partial charge in [0.05, 0.1) is 11.4 Å². The van der Waals surface area contributed by atoms with Crippen LogP contribution in [0.4, 0.5) is 5.69 Å². The third-order valence-electron chi connectivity index (χ3n) is 4.23. The zero-order valence-corrected chi connectivity index (χ0v) is 17.0. The molecule has 0 bridgehead atoms. The van der Waals surface area contributed by atoms with E-state index in [1.165, 1.54) is 0 Å². The fraction of sp³-hybridized carbons (Fsp3) is 0.0833. The van der Waals surface area contributed by atoms with E-state index >= 15 is 0 Å². The molecule has 30 heavy (non-hydrogen) atoms. The van der Waals surface area contributed by atoms with Crippen molar-refractivity contribution in [2.75, 3.05) is 5.32 Å². The largest absolute Gasteiger partial charge is 0.481 e. The molecule has 1 amide bonds. The Morgan fingerprint density at radius 3 is 2.37 bits per heavy atom. The van der Waals surface area contributed by atoms with E-state index in [1.54, 1.807) is 49.4 Å². The molecule has 5 nitrogen and oxygen atoms in total. The van der Waals surface area contributed by atoms with Crippen LogP contribution in [0.5, 0.6) is 11.5 Å². The molecule has 0 saturated heterocycles. The number of rotatable bonds is 7. The fourth-order valence-electron chi connectivity index (χ4n) is 2.74. The summed E-state index contributed by atoms with van der Waals surface area (Å²) in [6.07, 6.45) is 1.72. The lowest BCUT2D eigenvalue weighted by molar-refractivity contribution is -0.136. The van der Waals surface area contributed by atoms with Gasteiger partial charge in [0, 0.05) is 11.3 Å². The molecule has 0 atom stereocenters. The van der Waals surface area contributed by atoms with Crippen LogP contribution in [-0.2, 0) is 16.0 Å². The monoisotopic (exact) mass is 421 g/mol. The standard InChI is InChI=1S/C24H20ClNO4/c1-16(13-17-5-3-2-4-6-17)24(29)26-19-8-10-20(11-9-19)30-22-12-7-18(14-21(22)25)15-23(27)28/h2-14H,15H2,1H3,(H,26,29)(H,27,28)/b16-13+. The number of carbonyl (C=O) groups is 2. The number of carboxylic acid groups (broad SMARTS) is 1. The summed E-state index contributed by atoms with van der Waals surface area (Å²) in [4.78, 5) is 23.2. The van der Waals surface area contributed by atoms with Gasteiger partial charge in [-0.15, -0.1) is 0 Å². The first kappa shape index (κ1) is 21.1. The van der Waals surface area contributed by atoms with E-state index in [0.29, 0.717) is 33.3 Å². The molecular formula is C24H20ClNO4. The molecule has 2 N–H and O–H groups in total. The second kappa shape index (κ2) is 9.76. The summed E-state index contributed by atoms with van der Waals surface area (Å²) in [7, 11) is 0. The number of amides is 1. The molecule has 0 fully saturated rings. The van der Waals surface area contributed by atoms with E-state index in [1.807, 2.05) is 36.4 Å². The summed E-state index contributed by atoms with van der Waals surface area (Å²) in [6, 6.07) is 21.4. The van der Waals surface area contributed by atoms with Crippen LogP contribution in [0.15, 0.2) is 78.4 Å². The van der Waals surface area contributed by atoms with Crippen LogP contribution in [0, 0.1) is 0 Å². The number of carboxylic acids is 1. The number of hydrogen-bond acceptors (Lipinski definition) is 3. The third-order valence-corrected chi connectivity index (χ3v) is 4.53. The first-order chi connectivity index (χ1) is 14.4. The Hall–Kier alpha value is -3.57. The Morgan fingerprint density at radius 2 is 1.73 bits per heavy atom. The van der Waals surface area contributed by atoms with Gasteiger partial charge in [0.15, 0.2) is 0 Å². The molecule has 0 spiro atoms. The van der Waals surface area contributed by atoms with E-state index in [-0.39, 0.29) is 12.3 Å². The molecule has 0 aliphatic carbocycles. The van der Waals surface area contributed by atoms with Gasteiger partial charge in [-0.1, -0.05) is 48.0 Å². The molecule has 0 saturated carbocycles. The molecular weight excluding hydrogens is 402 g/mol. The number of halogens is 1. The highest BCUT2D eigenvalue weighted by atomic mass is 35.5. The minimum absolute atomic E-state index is 0.105. The zero-order valence-electron chi connectivity index (χ0n) is 16.3. The van der Waals surface area contributed by atoms with Crippen molar-refractivity contribution >= 4 is 35.2 Å². The van der Waals surface area contributed by atoms with E-state index < -0.39 is 5.97 Å². The van der Waals surface area contributed by atoms with Gasteiger partial charge in [0.1, 0.15) is 11.5 Å². The van der Waals surface area contributed by atoms with Crippen LogP contribution in [0.1, 0.15) is 18.1 Å². The van der Waals surface area contributed by atoms with E-state index in [9.17, 15) is 9.59 Å². The van der Waals surface area contributed by atoms with Gasteiger partial charge in [-0.05, 0) is 60.5 Å². The van der Waals surface area contributed by atoms with Crippen molar-refractivity contribution in [1.29, 1.82) is 0 Å². The fourth-order valence-corrected chi connectivity index (χ4v) is 2.98. The lowest BCUT2D eigenvalue weighted by Gasteiger charge is -2.10. The van der Waals surface area contributed by atoms with Gasteiger partial charge in [-0.3, -0.25) is 9.59 Å². The Bertz CT molecular complexity index is 1080. The topological polar surface area (TPSA) is 75.6 Å². The number of benzene rings is 3. The highest BCUT2D eigenvalue weighted by molar-refractivity contribution is 6.32. The molecule has 152 valence electrons. The molecule has 0 unspecified atom stereocenters. The third kappa shape index (κ3) is 5.96. The zero-order chi connectivity index (χ0) is 21.5. The molecule has 6 heteroatoms. The van der Waals surface area contributed by atoms with Crippen LogP contribution in [0.25, 0.3) is 6.08 Å². The van der Waals surface area contributed by atoms with Crippen LogP contribution in [0.3, 0.4) is 0 Å². The maximum Gasteiger partial charge on any atom is 0.307 e. The second-order valence-corrected chi connectivity index (χ2v) is 7.06. The minimum Gasteiger partial charge on any atom is -0.481 e. The first-order valence-corrected chi connectivity index (χ1v) is 9.61. The summed E-state index contributed by atoms with van der Waals surface area (Å²) in [5.74, 6) is -0.155. The summed E-state index contributed by atoms with van der Waals surface area (Å²) >= 11 is 6.18. The number of aliphatic carboxylic acids is 1. The molecule has 3 rings (SSSR count). The summed E-state index contributed by atoms with van der Waals surface area (Å²) in [5.41, 5.74) is 2.78. The number of nitrogens with one attached hydrogen (secondary N) is 1. The normalized spacial score (nSPS) is 11.1. The Labute approximate surface area is 179 Å². The van der Waals surface area contributed by atoms with E-state index in [2.05, 4.69) is 5.32 Å². The molecule has 3 aromatic rings. The number of anilines is 1. The van der Waals surface area contributed by atoms with Gasteiger partial charge in [-0.25, -0.2) is 0 Å². The molecule has 0 aromatic heterocycles. The highest BCUT2D eigenvalue weighted by Crippen LogP contribution is 2.31. The number of carbonyl (C=O) groups excluding carboxylic acids is 1. The van der Waals surface area contributed by atoms with Gasteiger partial charge < -0.3 is 15.2 Å². The van der Waals surface area contributed by atoms with Crippen molar-refractivity contribution in [2.45, 2.75) is 13.3 Å². The summed E-state index contributed by atoms with van der Waals surface area (Å²) in [6.45, 7) is 1.76. The lowest BCUT2D eigenvalue weighted by Crippen LogP contribution is -2.12. The lowest BCUT2D eigenvalue weighted by atomic mass is 10.1. The maximum atomic E-state index is 12.4. The molecule has 0 heterocycles. The van der Waals surface area contributed by atoms with Crippen molar-refractivity contribution < 1.29 is 19.4 Å². The quantitative estimate of drug-likeness (QED) is 0.472. The Kier molecular flexibility index (Phi) is 6.88. The van der Waals surface area contributed by atoms with Crippen molar-refractivity contribution in [1.82, 2.24) is 0 Å². The van der Waals surface area contributed by atoms with Gasteiger partial charge in [0.2, 0.25) is 0 Å². The van der Waals surface area contributed by atoms with Crippen molar-refractivity contribution in [3.8, 4) is 11.5 Å². The number of hydrogen-bond donors (Lipinski definition) is 2. The van der Waals surface area contributed by atoms with Crippen molar-refractivity contribution in [2.24, 2.45) is 0 Å². The maximum absolute atomic E-state index is 12.4. The first-order valence-electron chi connectivity index (χ1n) is 9.23. The van der Waals surface area contributed by atoms with Crippen LogP contribution in [-0.4, -0.2) is 17.0 Å². The second-order valence-electron chi connectivity index (χ2n) is 6.65. The molecule has 0 aliphatic rings. The van der Waals surface area contributed by atoms with Crippen LogP contribution < -0.4 is 10.1 Å². The SMILES string of the molecule is C/C(=C\c1ccccc1)C(=O)Nc1ccc(Oc2ccc(CC(=O)O)cc2Cl)cc1. The predicted octanol–water partition coefficient (Wildman–Crippen LogP) is 5.80. The smallest absolute Gasteiger partial charge is 0.307 e. The molecule has 0 radical (unpaired) electrons. The molecule has 3 aromatic carbocycles. The Balaban J connectivity index is 1.63. The van der Waals surface area contributed by atoms with Gasteiger partial charge >= 0.3 is 5.97 Å². The predicted molar refractivity (Wildman–Crippen MR) is 118 cm³/mol. The van der Waals surface area contributed by atoms with Crippen LogP contribution in [0.2, 0.25) is 5.02 Å². The van der Waals surface area contributed by atoms with Crippen LogP contribution >= 0.6 is 11.6 Å². The molecule has 0 aliphatic heterocycles. The number of ether oxygens (including phenoxy) is 1. The van der Waals surface area contributed by atoms with Crippen molar-refractivity contribution in [3.05, 3.63) is 94.5 Å². The Morgan fingerprint density at radius 1 is 1.03 bits per heavy atom. The average Bonchev–Trinajstić information content (AvgIpc) is 2.71. The van der Waals surface area contributed by atoms with Crippen molar-refractivity contribution in [3.63, 3.8) is 0 Å². The van der Waals surface area contributed by atoms with Gasteiger partial charge in [0.25, 0.3) is 5.91 Å². The van der Waals surface area contributed by atoms with E-state index in [0.717, 1.165) is 5.56 Å². The highest BCUT2D eigenvalue weighted by Gasteiger charge is 2.09.